The molecule has 0 aromatic heterocycles. The van der Waals surface area contributed by atoms with E-state index in [9.17, 15) is 4.79 Å². The van der Waals surface area contributed by atoms with Crippen molar-refractivity contribution in [3.8, 4) is 5.75 Å². The third kappa shape index (κ3) is 1.41. The fraction of sp³-hybridized carbons (Fsp3) is 0.125. The number of carbonyl (C=O) groups excluding carboxylic acids is 1. The Kier molecular flexibility index (Phi) is 2.25. The van der Waals surface area contributed by atoms with Crippen molar-refractivity contribution >= 4 is 15.9 Å². The maximum atomic E-state index is 10.7. The van der Waals surface area contributed by atoms with Crippen molar-refractivity contribution < 1.29 is 9.53 Å². The zero-order chi connectivity index (χ0) is 6.97. The average molecular weight is 168 g/mol. The minimum atomic E-state index is -0.152. The molecule has 2 nitrogen and oxygen atoms in total. The Morgan fingerprint density at radius 1 is 1.27 bits per heavy atom. The molecule has 0 amide bonds. The van der Waals surface area contributed by atoms with Crippen LogP contribution in [0.25, 0.3) is 0 Å². The van der Waals surface area contributed by atoms with E-state index in [1.54, 1.807) is 6.07 Å². The van der Waals surface area contributed by atoms with Crippen LogP contribution in [0.1, 0.15) is 5.56 Å². The molecule has 0 fully saturated rings. The molecular weight excluding hydrogens is 159 g/mol. The van der Waals surface area contributed by atoms with Gasteiger partial charge in [-0.05, 0) is 6.07 Å². The molecule has 3 heteroatoms. The summed E-state index contributed by atoms with van der Waals surface area (Å²) in [6.45, 7) is 0. The topological polar surface area (TPSA) is 26.3 Å². The molecule has 1 aromatic carbocycles. The summed E-state index contributed by atoms with van der Waals surface area (Å²) < 4.78 is 4.87. The van der Waals surface area contributed by atoms with E-state index in [0.717, 1.165) is 5.56 Å². The number of fused-ring (bicyclic) bond motifs is 1. The summed E-state index contributed by atoms with van der Waals surface area (Å²) in [5.41, 5.74) is 0.993. The highest BCUT2D eigenvalue weighted by Gasteiger charge is 2.18. The summed E-state index contributed by atoms with van der Waals surface area (Å²) in [7, 11) is 0. The number of carbonyl (C=O) groups is 1. The van der Waals surface area contributed by atoms with E-state index in [1.807, 2.05) is 18.2 Å². The molecule has 1 aliphatic heterocycles. The number of rotatable bonds is 0. The first-order valence-corrected chi connectivity index (χ1v) is 3.15. The number of hydrogen-bond acceptors (Lipinski definition) is 2. The van der Waals surface area contributed by atoms with Gasteiger partial charge >= 0.3 is 5.97 Å². The first kappa shape index (κ1) is 8.22. The second-order valence-corrected chi connectivity index (χ2v) is 2.26. The van der Waals surface area contributed by atoms with Gasteiger partial charge in [0, 0.05) is 5.56 Å². The smallest absolute Gasteiger partial charge is 0.315 e. The molecule has 0 N–H and O–H groups in total. The summed E-state index contributed by atoms with van der Waals surface area (Å²) in [6, 6.07) is 7.47. The van der Waals surface area contributed by atoms with Gasteiger partial charge in [-0.3, -0.25) is 4.79 Å². The van der Waals surface area contributed by atoms with Crippen molar-refractivity contribution in [1.82, 2.24) is 0 Å². The Morgan fingerprint density at radius 2 is 2.00 bits per heavy atom. The van der Waals surface area contributed by atoms with Gasteiger partial charge in [-0.1, -0.05) is 18.2 Å². The van der Waals surface area contributed by atoms with E-state index in [0.29, 0.717) is 12.2 Å². The summed E-state index contributed by atoms with van der Waals surface area (Å²) >= 11 is 0. The predicted molar refractivity (Wildman–Crippen MR) is 46.9 cm³/mol. The van der Waals surface area contributed by atoms with Crippen molar-refractivity contribution in [2.24, 2.45) is 0 Å². The molecule has 2 rings (SSSR count). The monoisotopic (exact) mass is 168 g/mol. The first-order chi connectivity index (χ1) is 4.86. The van der Waals surface area contributed by atoms with Crippen molar-refractivity contribution in [3.63, 3.8) is 0 Å². The third-order valence-corrected chi connectivity index (χ3v) is 1.53. The van der Waals surface area contributed by atoms with Crippen LogP contribution >= 0.6 is 9.90 Å². The Balaban J connectivity index is 0.000000605. The number of hydrogen-bond donors (Lipinski definition) is 0. The fourth-order valence-electron chi connectivity index (χ4n) is 1.06. The number of para-hydroxylation sites is 1. The van der Waals surface area contributed by atoms with Crippen LogP contribution in [0.2, 0.25) is 0 Å². The number of ether oxygens (including phenoxy) is 1. The van der Waals surface area contributed by atoms with Gasteiger partial charge in [-0.2, -0.15) is 9.90 Å². The molecule has 1 atom stereocenters. The molecule has 0 saturated carbocycles. The molecule has 1 unspecified atom stereocenters. The van der Waals surface area contributed by atoms with E-state index < -0.39 is 0 Å². The Hall–Kier alpha value is -0.880. The third-order valence-electron chi connectivity index (χ3n) is 1.53. The van der Waals surface area contributed by atoms with Gasteiger partial charge in [-0.15, -0.1) is 0 Å². The highest BCUT2D eigenvalue weighted by atomic mass is 31.0. The zero-order valence-corrected chi connectivity index (χ0v) is 7.45. The molecule has 58 valence electrons. The van der Waals surface area contributed by atoms with Gasteiger partial charge in [0.25, 0.3) is 0 Å². The van der Waals surface area contributed by atoms with Crippen LogP contribution in [0.15, 0.2) is 24.3 Å². The number of benzene rings is 1. The lowest BCUT2D eigenvalue weighted by atomic mass is 10.2. The van der Waals surface area contributed by atoms with Gasteiger partial charge in [0.15, 0.2) is 0 Å². The van der Waals surface area contributed by atoms with Crippen LogP contribution in [0.4, 0.5) is 0 Å². The normalized spacial score (nSPS) is 13.3. The van der Waals surface area contributed by atoms with Crippen molar-refractivity contribution in [2.45, 2.75) is 6.42 Å². The SMILES string of the molecule is O=C1Cc2ccccc2O1.P. The minimum Gasteiger partial charge on any atom is -0.426 e. The summed E-state index contributed by atoms with van der Waals surface area (Å²) in [4.78, 5) is 10.7. The summed E-state index contributed by atoms with van der Waals surface area (Å²) in [5, 5.41) is 0. The van der Waals surface area contributed by atoms with E-state index in [1.165, 1.54) is 0 Å². The largest absolute Gasteiger partial charge is 0.426 e. The second-order valence-electron chi connectivity index (χ2n) is 2.26. The van der Waals surface area contributed by atoms with E-state index >= 15 is 0 Å². The van der Waals surface area contributed by atoms with Crippen LogP contribution in [-0.2, 0) is 11.2 Å². The second kappa shape index (κ2) is 3.02. The van der Waals surface area contributed by atoms with Gasteiger partial charge in [0.2, 0.25) is 0 Å². The summed E-state index contributed by atoms with van der Waals surface area (Å²) in [5.74, 6) is 0.564. The molecule has 0 bridgehead atoms. The zero-order valence-electron chi connectivity index (χ0n) is 6.04. The van der Waals surface area contributed by atoms with Crippen LogP contribution in [0.3, 0.4) is 0 Å². The molecule has 0 saturated heterocycles. The molecule has 0 aliphatic carbocycles. The quantitative estimate of drug-likeness (QED) is 0.330. The highest BCUT2D eigenvalue weighted by molar-refractivity contribution is 6.92. The molecule has 0 radical (unpaired) electrons. The van der Waals surface area contributed by atoms with Crippen LogP contribution in [0, 0.1) is 0 Å². The van der Waals surface area contributed by atoms with Crippen molar-refractivity contribution in [1.29, 1.82) is 0 Å². The molecule has 11 heavy (non-hydrogen) atoms. The minimum absolute atomic E-state index is 0. The molecule has 0 spiro atoms. The Morgan fingerprint density at radius 3 is 2.73 bits per heavy atom. The molecule has 1 aromatic rings. The lowest BCUT2D eigenvalue weighted by Crippen LogP contribution is -1.99. The highest BCUT2D eigenvalue weighted by Crippen LogP contribution is 2.24. The van der Waals surface area contributed by atoms with Crippen molar-refractivity contribution in [2.75, 3.05) is 0 Å². The molecular formula is C8H9O2P. The standard InChI is InChI=1S/C8H6O2.H3P/c9-8-5-6-3-1-2-4-7(6)10-8;/h1-4H,5H2;1H3. The lowest BCUT2D eigenvalue weighted by molar-refractivity contribution is -0.131. The predicted octanol–water partition coefficient (Wildman–Crippen LogP) is 1.21. The van der Waals surface area contributed by atoms with E-state index in [-0.39, 0.29) is 15.9 Å². The lowest BCUT2D eigenvalue weighted by Gasteiger charge is -1.91. The maximum absolute atomic E-state index is 10.7. The van der Waals surface area contributed by atoms with Gasteiger partial charge < -0.3 is 4.74 Å². The maximum Gasteiger partial charge on any atom is 0.315 e. The fourth-order valence-corrected chi connectivity index (χ4v) is 1.06. The Labute approximate surface area is 68.2 Å². The van der Waals surface area contributed by atoms with Crippen LogP contribution < -0.4 is 4.74 Å². The van der Waals surface area contributed by atoms with Gasteiger partial charge in [-0.25, -0.2) is 0 Å². The molecule has 1 aliphatic rings. The first-order valence-electron chi connectivity index (χ1n) is 3.15. The van der Waals surface area contributed by atoms with Crippen LogP contribution in [-0.4, -0.2) is 5.97 Å². The van der Waals surface area contributed by atoms with Gasteiger partial charge in [0.05, 0.1) is 6.42 Å². The van der Waals surface area contributed by atoms with Crippen LogP contribution in [0.5, 0.6) is 5.75 Å². The van der Waals surface area contributed by atoms with E-state index in [4.69, 9.17) is 4.74 Å². The van der Waals surface area contributed by atoms with Crippen molar-refractivity contribution in [3.05, 3.63) is 29.8 Å². The molecule has 1 heterocycles. The summed E-state index contributed by atoms with van der Waals surface area (Å²) in [6.07, 6.45) is 0.427. The van der Waals surface area contributed by atoms with E-state index in [2.05, 4.69) is 0 Å². The Bertz CT molecular complexity index is 256. The average Bonchev–Trinajstić information content (AvgIpc) is 2.27. The number of esters is 1. The van der Waals surface area contributed by atoms with Gasteiger partial charge in [0.1, 0.15) is 5.75 Å².